The number of halogens is 1. The van der Waals surface area contributed by atoms with Crippen molar-refractivity contribution < 1.29 is 17.9 Å². The lowest BCUT2D eigenvalue weighted by molar-refractivity contribution is 0.0953. The molecule has 0 aliphatic carbocycles. The molecule has 9 heteroatoms. The summed E-state index contributed by atoms with van der Waals surface area (Å²) in [7, 11) is -3.86. The molecule has 0 fully saturated rings. The van der Waals surface area contributed by atoms with E-state index in [4.69, 9.17) is 16.3 Å². The van der Waals surface area contributed by atoms with E-state index in [9.17, 15) is 13.2 Å². The fourth-order valence-corrected chi connectivity index (χ4v) is 4.25. The number of carbonyl (C=O) groups excluding carboxylic acids is 1. The molecular weight excluding hydrogens is 462 g/mol. The third-order valence-corrected chi connectivity index (χ3v) is 6.36. The molecule has 1 amide bonds. The second-order valence-corrected chi connectivity index (χ2v) is 10.5. The molecule has 1 aromatic heterocycles. The van der Waals surface area contributed by atoms with Gasteiger partial charge in [-0.2, -0.15) is 0 Å². The first-order valence-corrected chi connectivity index (χ1v) is 12.2. The Kier molecular flexibility index (Phi) is 7.29. The zero-order chi connectivity index (χ0) is 24.2. The summed E-state index contributed by atoms with van der Waals surface area (Å²) in [6, 6.07) is 12.8. The number of anilines is 1. The van der Waals surface area contributed by atoms with Crippen LogP contribution in [0, 0.1) is 0 Å². The third kappa shape index (κ3) is 6.24. The Morgan fingerprint density at radius 2 is 1.76 bits per heavy atom. The van der Waals surface area contributed by atoms with Crippen molar-refractivity contribution in [2.45, 2.75) is 38.0 Å². The highest BCUT2D eigenvalue weighted by molar-refractivity contribution is 7.92. The van der Waals surface area contributed by atoms with Crippen molar-refractivity contribution in [3.63, 3.8) is 0 Å². The van der Waals surface area contributed by atoms with Gasteiger partial charge in [-0.25, -0.2) is 8.42 Å². The summed E-state index contributed by atoms with van der Waals surface area (Å²) < 4.78 is 34.2. The number of hydrogen-bond donors (Lipinski definition) is 2. The molecule has 0 bridgehead atoms. The van der Waals surface area contributed by atoms with Gasteiger partial charge < -0.3 is 10.1 Å². The summed E-state index contributed by atoms with van der Waals surface area (Å²) in [4.78, 5) is 16.7. The zero-order valence-electron chi connectivity index (χ0n) is 18.8. The van der Waals surface area contributed by atoms with Gasteiger partial charge in [0, 0.05) is 24.5 Å². The van der Waals surface area contributed by atoms with Gasteiger partial charge in [-0.05, 0) is 48.2 Å². The molecule has 0 aliphatic heterocycles. The number of hydrogen-bond acceptors (Lipinski definition) is 5. The molecule has 0 unspecified atom stereocenters. The van der Waals surface area contributed by atoms with Crippen molar-refractivity contribution in [2.24, 2.45) is 0 Å². The van der Waals surface area contributed by atoms with Crippen LogP contribution in [0.25, 0.3) is 0 Å². The molecule has 2 N–H and O–H groups in total. The van der Waals surface area contributed by atoms with Crippen LogP contribution in [0.5, 0.6) is 11.5 Å². The summed E-state index contributed by atoms with van der Waals surface area (Å²) in [6.45, 7) is 8.35. The van der Waals surface area contributed by atoms with E-state index in [-0.39, 0.29) is 27.3 Å². The topological polar surface area (TPSA) is 97.4 Å². The van der Waals surface area contributed by atoms with Gasteiger partial charge in [0.15, 0.2) is 0 Å². The number of sulfonamides is 1. The lowest BCUT2D eigenvalue weighted by Crippen LogP contribution is -2.23. The molecule has 0 atom stereocenters. The SMILES string of the molecule is CCNC(=O)c1cc(NS(=O)(=O)c2ccc(C(C)(C)C)cc2)ccc1Oc1cncc(Cl)c1. The number of rotatable bonds is 7. The molecule has 3 aromatic rings. The van der Waals surface area contributed by atoms with Crippen LogP contribution < -0.4 is 14.8 Å². The van der Waals surface area contributed by atoms with E-state index in [1.165, 1.54) is 30.6 Å². The summed E-state index contributed by atoms with van der Waals surface area (Å²) in [5, 5.41) is 3.09. The van der Waals surface area contributed by atoms with Crippen LogP contribution in [0.4, 0.5) is 5.69 Å². The summed E-state index contributed by atoms with van der Waals surface area (Å²) in [6.07, 6.45) is 2.93. The van der Waals surface area contributed by atoms with Crippen LogP contribution in [-0.2, 0) is 15.4 Å². The number of nitrogens with zero attached hydrogens (tertiary/aromatic N) is 1. The average Bonchev–Trinajstić information content (AvgIpc) is 2.74. The number of ether oxygens (including phenoxy) is 1. The van der Waals surface area contributed by atoms with E-state index in [1.807, 2.05) is 0 Å². The molecule has 174 valence electrons. The summed E-state index contributed by atoms with van der Waals surface area (Å²) in [5.41, 5.74) is 1.33. The minimum atomic E-state index is -3.86. The highest BCUT2D eigenvalue weighted by atomic mass is 35.5. The first kappa shape index (κ1) is 24.5. The Hall–Kier alpha value is -3.10. The Morgan fingerprint density at radius 1 is 1.06 bits per heavy atom. The van der Waals surface area contributed by atoms with Crippen LogP contribution in [0.3, 0.4) is 0 Å². The maximum Gasteiger partial charge on any atom is 0.261 e. The normalized spacial score (nSPS) is 11.7. The Labute approximate surface area is 199 Å². The minimum absolute atomic E-state index is 0.0917. The predicted octanol–water partition coefficient (Wildman–Crippen LogP) is 5.38. The second-order valence-electron chi connectivity index (χ2n) is 8.39. The number of aromatic nitrogens is 1. The van der Waals surface area contributed by atoms with Crippen LogP contribution >= 0.6 is 11.6 Å². The van der Waals surface area contributed by atoms with Crippen molar-refractivity contribution >= 4 is 33.2 Å². The standard InChI is InChI=1S/C24H26ClN3O4S/c1-5-27-23(29)21-13-18(8-11-22(21)32-19-12-17(25)14-26-15-19)28-33(30,31)20-9-6-16(7-10-20)24(2,3)4/h6-15,28H,5H2,1-4H3,(H,27,29). The van der Waals surface area contributed by atoms with Crippen molar-refractivity contribution in [1.29, 1.82) is 0 Å². The number of amides is 1. The van der Waals surface area contributed by atoms with Gasteiger partial charge in [0.25, 0.3) is 15.9 Å². The molecule has 2 aromatic carbocycles. The molecule has 0 aliphatic rings. The Balaban J connectivity index is 1.91. The maximum absolute atomic E-state index is 12.9. The van der Waals surface area contributed by atoms with Gasteiger partial charge in [0.1, 0.15) is 11.5 Å². The predicted molar refractivity (Wildman–Crippen MR) is 130 cm³/mol. The Morgan fingerprint density at radius 3 is 2.36 bits per heavy atom. The van der Waals surface area contributed by atoms with Crippen molar-refractivity contribution in [2.75, 3.05) is 11.3 Å². The van der Waals surface area contributed by atoms with Gasteiger partial charge in [-0.15, -0.1) is 0 Å². The van der Waals surface area contributed by atoms with E-state index in [1.54, 1.807) is 37.3 Å². The van der Waals surface area contributed by atoms with Crippen LogP contribution in [-0.4, -0.2) is 25.9 Å². The largest absolute Gasteiger partial charge is 0.455 e. The number of pyridine rings is 1. The smallest absolute Gasteiger partial charge is 0.261 e. The van der Waals surface area contributed by atoms with Crippen LogP contribution in [0.15, 0.2) is 65.8 Å². The lowest BCUT2D eigenvalue weighted by Gasteiger charge is -2.19. The van der Waals surface area contributed by atoms with Crippen molar-refractivity contribution in [3.8, 4) is 11.5 Å². The van der Waals surface area contributed by atoms with Crippen molar-refractivity contribution in [1.82, 2.24) is 10.3 Å². The third-order valence-electron chi connectivity index (χ3n) is 4.75. The van der Waals surface area contributed by atoms with Crippen molar-refractivity contribution in [3.05, 3.63) is 77.1 Å². The summed E-state index contributed by atoms with van der Waals surface area (Å²) in [5.74, 6) is 0.181. The van der Waals surface area contributed by atoms with Crippen LogP contribution in [0.2, 0.25) is 5.02 Å². The number of carbonyl (C=O) groups is 1. The van der Waals surface area contributed by atoms with Gasteiger partial charge in [0.2, 0.25) is 0 Å². The van der Waals surface area contributed by atoms with E-state index < -0.39 is 15.9 Å². The molecule has 0 spiro atoms. The second kappa shape index (κ2) is 9.80. The highest BCUT2D eigenvalue weighted by Crippen LogP contribution is 2.30. The van der Waals surface area contributed by atoms with E-state index >= 15 is 0 Å². The van der Waals surface area contributed by atoms with Gasteiger partial charge >= 0.3 is 0 Å². The van der Waals surface area contributed by atoms with E-state index in [2.05, 4.69) is 35.8 Å². The molecule has 33 heavy (non-hydrogen) atoms. The van der Waals surface area contributed by atoms with Gasteiger partial charge in [0.05, 0.1) is 21.7 Å². The first-order chi connectivity index (χ1) is 15.5. The van der Waals surface area contributed by atoms with Crippen LogP contribution in [0.1, 0.15) is 43.6 Å². The quantitative estimate of drug-likeness (QED) is 0.466. The molecule has 0 radical (unpaired) electrons. The summed E-state index contributed by atoms with van der Waals surface area (Å²) >= 11 is 5.96. The molecule has 0 saturated heterocycles. The Bertz CT molecular complexity index is 1250. The number of nitrogens with one attached hydrogen (secondary N) is 2. The van der Waals surface area contributed by atoms with Gasteiger partial charge in [-0.1, -0.05) is 44.5 Å². The monoisotopic (exact) mass is 487 g/mol. The molecule has 0 saturated carbocycles. The molecule has 7 nitrogen and oxygen atoms in total. The molecular formula is C24H26ClN3O4S. The van der Waals surface area contributed by atoms with Gasteiger partial charge in [-0.3, -0.25) is 14.5 Å². The fourth-order valence-electron chi connectivity index (χ4n) is 3.04. The zero-order valence-corrected chi connectivity index (χ0v) is 20.4. The fraction of sp³-hybridized carbons (Fsp3) is 0.250. The minimum Gasteiger partial charge on any atom is -0.455 e. The highest BCUT2D eigenvalue weighted by Gasteiger charge is 2.20. The van der Waals surface area contributed by atoms with E-state index in [0.717, 1.165) is 5.56 Å². The first-order valence-electron chi connectivity index (χ1n) is 10.3. The number of benzene rings is 2. The molecule has 1 heterocycles. The molecule has 3 rings (SSSR count). The van der Waals surface area contributed by atoms with E-state index in [0.29, 0.717) is 17.3 Å². The lowest BCUT2D eigenvalue weighted by atomic mass is 9.87. The average molecular weight is 488 g/mol. The maximum atomic E-state index is 12.9.